The molecule has 0 bridgehead atoms. The van der Waals surface area contributed by atoms with Crippen molar-refractivity contribution in [3.05, 3.63) is 84.8 Å². The number of pyridine rings is 1. The first-order valence-electron chi connectivity index (χ1n) is 13.2. The number of fused-ring (bicyclic) bond motifs is 1. The van der Waals surface area contributed by atoms with Gasteiger partial charge in [-0.25, -0.2) is 4.39 Å². The number of para-hydroxylation sites is 1. The van der Waals surface area contributed by atoms with Gasteiger partial charge >= 0.3 is 0 Å². The van der Waals surface area contributed by atoms with E-state index in [9.17, 15) is 14.7 Å². The molecular formula is C31H28FN3O5. The molecule has 2 fully saturated rings. The van der Waals surface area contributed by atoms with Crippen molar-refractivity contribution in [2.45, 2.75) is 37.7 Å². The van der Waals surface area contributed by atoms with Gasteiger partial charge in [-0.1, -0.05) is 18.2 Å². The number of nitrogens with two attached hydrogens (primary N) is 1. The van der Waals surface area contributed by atoms with E-state index in [1.54, 1.807) is 66.9 Å². The van der Waals surface area contributed by atoms with E-state index in [2.05, 4.69) is 4.98 Å². The Morgan fingerprint density at radius 3 is 2.40 bits per heavy atom. The average molecular weight is 542 g/mol. The van der Waals surface area contributed by atoms with E-state index in [1.165, 1.54) is 17.0 Å². The standard InChI is InChI=1S/C31H28FN3O5/c32-24-18-21(35(20-4-2-1-3-5-20)29(37)31(13-14-31)28(33)36)6-9-27(24)40-26-10-16-34-25-19-22(7-8-23(25)26)39-17-15-30(38)11-12-30/h1-10,16,18-19,38H,11-15,17H2,(H2,33,36). The summed E-state index contributed by atoms with van der Waals surface area (Å²) in [5, 5.41) is 10.7. The van der Waals surface area contributed by atoms with Gasteiger partial charge in [-0.05, 0) is 68.1 Å². The third-order valence-corrected chi connectivity index (χ3v) is 7.58. The number of rotatable bonds is 10. The fourth-order valence-electron chi connectivity index (χ4n) is 4.73. The Balaban J connectivity index is 1.25. The van der Waals surface area contributed by atoms with E-state index in [4.69, 9.17) is 15.2 Å². The highest BCUT2D eigenvalue weighted by Crippen LogP contribution is 2.49. The molecular weight excluding hydrogens is 513 g/mol. The molecule has 0 radical (unpaired) electrons. The summed E-state index contributed by atoms with van der Waals surface area (Å²) in [6, 6.07) is 20.0. The van der Waals surface area contributed by atoms with Crippen molar-refractivity contribution in [2.24, 2.45) is 11.1 Å². The fourth-order valence-corrected chi connectivity index (χ4v) is 4.73. The number of aromatic nitrogens is 1. The zero-order valence-corrected chi connectivity index (χ0v) is 21.7. The molecule has 2 amide bonds. The molecule has 3 aromatic carbocycles. The van der Waals surface area contributed by atoms with Gasteiger partial charge < -0.3 is 20.3 Å². The molecule has 2 aliphatic carbocycles. The van der Waals surface area contributed by atoms with Crippen LogP contribution in [0, 0.1) is 11.2 Å². The van der Waals surface area contributed by atoms with Crippen molar-refractivity contribution in [1.29, 1.82) is 0 Å². The molecule has 0 spiro atoms. The SMILES string of the molecule is NC(=O)C1(C(=O)N(c2ccccc2)c2ccc(Oc3ccnc4cc(OCCC5(O)CC5)ccc34)c(F)c2)CC1. The van der Waals surface area contributed by atoms with Gasteiger partial charge in [0, 0.05) is 35.8 Å². The molecule has 0 saturated heterocycles. The molecule has 0 aliphatic heterocycles. The number of hydrogen-bond donors (Lipinski definition) is 2. The van der Waals surface area contributed by atoms with E-state index in [0.717, 1.165) is 12.8 Å². The molecule has 1 aromatic heterocycles. The van der Waals surface area contributed by atoms with Crippen LogP contribution in [0.1, 0.15) is 32.1 Å². The zero-order valence-electron chi connectivity index (χ0n) is 21.7. The largest absolute Gasteiger partial charge is 0.493 e. The molecule has 6 rings (SSSR count). The second-order valence-electron chi connectivity index (χ2n) is 10.5. The van der Waals surface area contributed by atoms with E-state index in [1.807, 2.05) is 0 Å². The first-order valence-corrected chi connectivity index (χ1v) is 13.2. The fraction of sp³-hybridized carbons (Fsp3) is 0.258. The highest BCUT2D eigenvalue weighted by atomic mass is 19.1. The lowest BCUT2D eigenvalue weighted by Crippen LogP contribution is -2.41. The number of hydrogen-bond acceptors (Lipinski definition) is 6. The summed E-state index contributed by atoms with van der Waals surface area (Å²) in [6.45, 7) is 0.402. The van der Waals surface area contributed by atoms with Gasteiger partial charge in [0.1, 0.15) is 16.9 Å². The molecule has 0 atom stereocenters. The summed E-state index contributed by atoms with van der Waals surface area (Å²) in [7, 11) is 0. The minimum Gasteiger partial charge on any atom is -0.493 e. The van der Waals surface area contributed by atoms with Crippen LogP contribution in [-0.2, 0) is 9.59 Å². The van der Waals surface area contributed by atoms with Crippen LogP contribution in [0.4, 0.5) is 15.8 Å². The molecule has 4 aromatic rings. The summed E-state index contributed by atoms with van der Waals surface area (Å²) in [5.41, 5.74) is 5.06. The lowest BCUT2D eigenvalue weighted by molar-refractivity contribution is -0.133. The van der Waals surface area contributed by atoms with Crippen molar-refractivity contribution in [3.8, 4) is 17.2 Å². The van der Waals surface area contributed by atoms with E-state index in [0.29, 0.717) is 54.0 Å². The molecule has 0 unspecified atom stereocenters. The molecule has 1 heterocycles. The molecule has 9 heteroatoms. The third kappa shape index (κ3) is 4.96. The third-order valence-electron chi connectivity index (χ3n) is 7.58. The molecule has 8 nitrogen and oxygen atoms in total. The summed E-state index contributed by atoms with van der Waals surface area (Å²) < 4.78 is 27.2. The topological polar surface area (TPSA) is 115 Å². The van der Waals surface area contributed by atoms with Gasteiger partial charge in [0.2, 0.25) is 11.8 Å². The van der Waals surface area contributed by atoms with Crippen LogP contribution in [-0.4, -0.2) is 34.1 Å². The van der Waals surface area contributed by atoms with Crippen LogP contribution >= 0.6 is 0 Å². The molecule has 40 heavy (non-hydrogen) atoms. The summed E-state index contributed by atoms with van der Waals surface area (Å²) in [6.07, 6.45) is 4.48. The normalized spacial score (nSPS) is 16.2. The van der Waals surface area contributed by atoms with Crippen molar-refractivity contribution >= 4 is 34.1 Å². The number of carbonyl (C=O) groups is 2. The Kier molecular flexibility index (Phi) is 6.38. The van der Waals surface area contributed by atoms with Gasteiger partial charge in [-0.3, -0.25) is 19.5 Å². The van der Waals surface area contributed by atoms with Crippen LogP contribution in [0.15, 0.2) is 79.0 Å². The van der Waals surface area contributed by atoms with Gasteiger partial charge in [0.25, 0.3) is 0 Å². The van der Waals surface area contributed by atoms with Gasteiger partial charge in [0.05, 0.1) is 23.4 Å². The minimum atomic E-state index is -1.28. The number of aliphatic hydroxyl groups is 1. The Morgan fingerprint density at radius 1 is 0.950 bits per heavy atom. The number of amides is 2. The van der Waals surface area contributed by atoms with Crippen LogP contribution in [0.5, 0.6) is 17.2 Å². The first-order chi connectivity index (χ1) is 19.3. The second kappa shape index (κ2) is 9.91. The lowest BCUT2D eigenvalue weighted by atomic mass is 10.0. The second-order valence-corrected chi connectivity index (χ2v) is 10.5. The number of ether oxygens (including phenoxy) is 2. The van der Waals surface area contributed by atoms with Crippen molar-refractivity contribution in [2.75, 3.05) is 11.5 Å². The van der Waals surface area contributed by atoms with Gasteiger partial charge in [-0.15, -0.1) is 0 Å². The summed E-state index contributed by atoms with van der Waals surface area (Å²) in [5.74, 6) is -0.867. The average Bonchev–Trinajstić information content (AvgIpc) is 3.88. The molecule has 2 aliphatic rings. The Labute approximate surface area is 230 Å². The van der Waals surface area contributed by atoms with Crippen LogP contribution in [0.25, 0.3) is 10.9 Å². The number of primary amides is 1. The van der Waals surface area contributed by atoms with Crippen LogP contribution < -0.4 is 20.1 Å². The number of nitrogens with zero attached hydrogens (tertiary/aromatic N) is 2. The van der Waals surface area contributed by atoms with Gasteiger partial charge in [0.15, 0.2) is 11.6 Å². The first kappa shape index (κ1) is 25.8. The molecule has 2 saturated carbocycles. The monoisotopic (exact) mass is 541 g/mol. The van der Waals surface area contributed by atoms with Crippen molar-refractivity contribution in [3.63, 3.8) is 0 Å². The van der Waals surface area contributed by atoms with Crippen molar-refractivity contribution < 1.29 is 28.6 Å². The number of carbonyl (C=O) groups excluding carboxylic acids is 2. The van der Waals surface area contributed by atoms with Gasteiger partial charge in [-0.2, -0.15) is 0 Å². The number of halogens is 1. The van der Waals surface area contributed by atoms with Crippen LogP contribution in [0.3, 0.4) is 0 Å². The molecule has 3 N–H and O–H groups in total. The Hall–Kier alpha value is -4.50. The maximum atomic E-state index is 15.4. The summed E-state index contributed by atoms with van der Waals surface area (Å²) >= 11 is 0. The quantitative estimate of drug-likeness (QED) is 0.260. The van der Waals surface area contributed by atoms with Crippen molar-refractivity contribution in [1.82, 2.24) is 4.98 Å². The highest BCUT2D eigenvalue weighted by molar-refractivity contribution is 6.16. The smallest absolute Gasteiger partial charge is 0.247 e. The number of anilines is 2. The van der Waals surface area contributed by atoms with E-state index in [-0.39, 0.29) is 11.4 Å². The Bertz CT molecular complexity index is 1600. The highest BCUT2D eigenvalue weighted by Gasteiger charge is 2.57. The maximum Gasteiger partial charge on any atom is 0.247 e. The molecule has 204 valence electrons. The predicted octanol–water partition coefficient (Wildman–Crippen LogP) is 5.39. The predicted molar refractivity (Wildman–Crippen MR) is 147 cm³/mol. The van der Waals surface area contributed by atoms with E-state index < -0.39 is 28.6 Å². The number of benzene rings is 3. The lowest BCUT2D eigenvalue weighted by Gasteiger charge is -2.26. The van der Waals surface area contributed by atoms with Crippen LogP contribution in [0.2, 0.25) is 0 Å². The maximum absolute atomic E-state index is 15.4. The van der Waals surface area contributed by atoms with E-state index >= 15 is 4.39 Å². The minimum absolute atomic E-state index is 0.0363. The Morgan fingerprint density at radius 2 is 1.73 bits per heavy atom. The zero-order chi connectivity index (χ0) is 27.9. The summed E-state index contributed by atoms with van der Waals surface area (Å²) in [4.78, 5) is 31.3.